The van der Waals surface area contributed by atoms with Crippen LogP contribution in [0.3, 0.4) is 0 Å². The first-order valence-electron chi connectivity index (χ1n) is 8.69. The maximum Gasteiger partial charge on any atom is 0.257 e. The summed E-state index contributed by atoms with van der Waals surface area (Å²) in [5.41, 5.74) is 10.2. The molecular weight excluding hydrogens is 340 g/mol. The van der Waals surface area contributed by atoms with E-state index in [9.17, 15) is 4.79 Å². The van der Waals surface area contributed by atoms with Crippen LogP contribution >= 0.6 is 0 Å². The van der Waals surface area contributed by atoms with E-state index in [-0.39, 0.29) is 11.5 Å². The molecule has 4 rings (SSSR count). The number of H-pyrrole nitrogens is 1. The van der Waals surface area contributed by atoms with Gasteiger partial charge in [-0.3, -0.25) is 19.7 Å². The van der Waals surface area contributed by atoms with Crippen LogP contribution in [0.1, 0.15) is 22.5 Å². The van der Waals surface area contributed by atoms with Crippen molar-refractivity contribution in [2.24, 2.45) is 0 Å². The minimum Gasteiger partial charge on any atom is -0.369 e. The monoisotopic (exact) mass is 358 g/mol. The fourth-order valence-electron chi connectivity index (χ4n) is 3.34. The van der Waals surface area contributed by atoms with Gasteiger partial charge < -0.3 is 5.73 Å². The van der Waals surface area contributed by atoms with Crippen molar-refractivity contribution in [2.75, 3.05) is 12.3 Å². The van der Waals surface area contributed by atoms with Crippen LogP contribution in [0, 0.1) is 11.3 Å². The molecule has 0 unspecified atom stereocenters. The van der Waals surface area contributed by atoms with Crippen LogP contribution in [0.5, 0.6) is 0 Å². The molecule has 134 valence electrons. The second-order valence-electron chi connectivity index (χ2n) is 6.54. The molecule has 0 fully saturated rings. The third-order valence-corrected chi connectivity index (χ3v) is 4.65. The predicted octanol–water partition coefficient (Wildman–Crippen LogP) is 1.84. The van der Waals surface area contributed by atoms with Gasteiger partial charge in [0.25, 0.3) is 5.56 Å². The number of anilines is 1. The number of nitrogen functional groups attached to an aromatic ring is 1. The van der Waals surface area contributed by atoms with Crippen LogP contribution in [-0.2, 0) is 19.5 Å². The lowest BCUT2D eigenvalue weighted by Gasteiger charge is -2.27. The molecule has 0 radical (unpaired) electrons. The van der Waals surface area contributed by atoms with Gasteiger partial charge in [-0.1, -0.05) is 18.2 Å². The summed E-state index contributed by atoms with van der Waals surface area (Å²) in [5, 5.41) is 9.08. The summed E-state index contributed by atoms with van der Waals surface area (Å²) < 4.78 is 0. The summed E-state index contributed by atoms with van der Waals surface area (Å²) >= 11 is 0. The Morgan fingerprint density at radius 3 is 2.93 bits per heavy atom. The van der Waals surface area contributed by atoms with E-state index in [1.54, 1.807) is 6.07 Å². The average molecular weight is 358 g/mol. The standard InChI is InChI=1S/C20H18N6O/c21-10-13-3-1-4-14(9-13)17-6-2-5-15(23-17)11-26-8-7-18-16(12-26)19(27)25-20(22)24-18/h1-6,9H,7-8,11-12H2,(H3,22,24,25,27). The molecule has 0 amide bonds. The van der Waals surface area contributed by atoms with Crippen molar-refractivity contribution in [3.05, 3.63) is 75.3 Å². The van der Waals surface area contributed by atoms with Gasteiger partial charge in [0.15, 0.2) is 0 Å². The van der Waals surface area contributed by atoms with Gasteiger partial charge in [0, 0.05) is 31.6 Å². The minimum absolute atomic E-state index is 0.168. The van der Waals surface area contributed by atoms with Crippen LogP contribution in [0.4, 0.5) is 5.95 Å². The van der Waals surface area contributed by atoms with Gasteiger partial charge in [0.05, 0.1) is 34.3 Å². The molecule has 3 N–H and O–H groups in total. The first kappa shape index (κ1) is 16.9. The van der Waals surface area contributed by atoms with E-state index < -0.39 is 0 Å². The molecule has 7 heteroatoms. The van der Waals surface area contributed by atoms with Gasteiger partial charge in [-0.05, 0) is 24.3 Å². The maximum atomic E-state index is 12.1. The SMILES string of the molecule is N#Cc1cccc(-c2cccc(CN3CCc4nc(N)[nH]c(=O)c4C3)n2)c1. The van der Waals surface area contributed by atoms with E-state index in [4.69, 9.17) is 16.0 Å². The highest BCUT2D eigenvalue weighted by Gasteiger charge is 2.21. The predicted molar refractivity (Wildman–Crippen MR) is 101 cm³/mol. The van der Waals surface area contributed by atoms with Gasteiger partial charge in [-0.15, -0.1) is 0 Å². The molecule has 0 saturated heterocycles. The number of nitriles is 1. The summed E-state index contributed by atoms with van der Waals surface area (Å²) in [5.74, 6) is 0.168. The smallest absolute Gasteiger partial charge is 0.257 e. The van der Waals surface area contributed by atoms with Crippen molar-refractivity contribution in [3.8, 4) is 17.3 Å². The molecule has 7 nitrogen and oxygen atoms in total. The number of hydrogen-bond acceptors (Lipinski definition) is 6. The number of nitrogens with one attached hydrogen (secondary N) is 1. The Morgan fingerprint density at radius 1 is 1.22 bits per heavy atom. The van der Waals surface area contributed by atoms with Crippen molar-refractivity contribution in [1.29, 1.82) is 5.26 Å². The van der Waals surface area contributed by atoms with Crippen molar-refractivity contribution in [3.63, 3.8) is 0 Å². The summed E-state index contributed by atoms with van der Waals surface area (Å²) in [6, 6.07) is 15.4. The Bertz CT molecular complexity index is 1100. The lowest BCUT2D eigenvalue weighted by Crippen LogP contribution is -2.35. The van der Waals surface area contributed by atoms with Crippen molar-refractivity contribution in [1.82, 2.24) is 19.9 Å². The molecule has 0 spiro atoms. The maximum absolute atomic E-state index is 12.1. The van der Waals surface area contributed by atoms with E-state index in [1.807, 2.05) is 36.4 Å². The molecule has 0 aliphatic carbocycles. The quantitative estimate of drug-likeness (QED) is 0.739. The molecule has 3 heterocycles. The molecule has 0 atom stereocenters. The number of aromatic amines is 1. The Kier molecular flexibility index (Phi) is 4.40. The number of nitrogens with zero attached hydrogens (tertiary/aromatic N) is 4. The fourth-order valence-corrected chi connectivity index (χ4v) is 3.34. The van der Waals surface area contributed by atoms with Crippen LogP contribution in [0.25, 0.3) is 11.3 Å². The number of rotatable bonds is 3. The molecule has 2 aromatic heterocycles. The molecule has 1 aliphatic rings. The Balaban J connectivity index is 1.55. The van der Waals surface area contributed by atoms with Gasteiger partial charge >= 0.3 is 0 Å². The van der Waals surface area contributed by atoms with Gasteiger partial charge in [0.1, 0.15) is 0 Å². The zero-order chi connectivity index (χ0) is 18.8. The topological polar surface area (TPSA) is 112 Å². The van der Waals surface area contributed by atoms with Crippen LogP contribution in [0.15, 0.2) is 47.3 Å². The van der Waals surface area contributed by atoms with E-state index >= 15 is 0 Å². The van der Waals surface area contributed by atoms with E-state index in [2.05, 4.69) is 20.9 Å². The summed E-state index contributed by atoms with van der Waals surface area (Å²) in [7, 11) is 0. The molecular formula is C20H18N6O. The first-order valence-corrected chi connectivity index (χ1v) is 8.69. The molecule has 27 heavy (non-hydrogen) atoms. The summed E-state index contributed by atoms with van der Waals surface area (Å²) in [4.78, 5) is 25.9. The molecule has 1 aliphatic heterocycles. The summed E-state index contributed by atoms with van der Waals surface area (Å²) in [6.45, 7) is 1.95. The highest BCUT2D eigenvalue weighted by atomic mass is 16.1. The van der Waals surface area contributed by atoms with Gasteiger partial charge in [-0.2, -0.15) is 5.26 Å². The molecule has 1 aromatic carbocycles. The third kappa shape index (κ3) is 3.57. The Hall–Kier alpha value is -3.50. The highest BCUT2D eigenvalue weighted by Crippen LogP contribution is 2.20. The Morgan fingerprint density at radius 2 is 2.07 bits per heavy atom. The van der Waals surface area contributed by atoms with E-state index in [0.717, 1.165) is 29.2 Å². The zero-order valence-corrected chi connectivity index (χ0v) is 14.6. The molecule has 0 bridgehead atoms. The normalized spacial score (nSPS) is 13.7. The number of benzene rings is 1. The second-order valence-corrected chi connectivity index (χ2v) is 6.54. The van der Waals surface area contributed by atoms with Crippen LogP contribution in [-0.4, -0.2) is 26.4 Å². The lowest BCUT2D eigenvalue weighted by molar-refractivity contribution is 0.239. The zero-order valence-electron chi connectivity index (χ0n) is 14.6. The largest absolute Gasteiger partial charge is 0.369 e. The molecule has 0 saturated carbocycles. The second kappa shape index (κ2) is 7.02. The van der Waals surface area contributed by atoms with Gasteiger partial charge in [0.2, 0.25) is 5.95 Å². The van der Waals surface area contributed by atoms with E-state index in [1.165, 1.54) is 0 Å². The molecule has 3 aromatic rings. The fraction of sp³-hybridized carbons (Fsp3) is 0.200. The average Bonchev–Trinajstić information content (AvgIpc) is 2.69. The van der Waals surface area contributed by atoms with Crippen LogP contribution in [0.2, 0.25) is 0 Å². The van der Waals surface area contributed by atoms with Crippen LogP contribution < -0.4 is 11.3 Å². The number of aromatic nitrogens is 3. The lowest BCUT2D eigenvalue weighted by atomic mass is 10.1. The van der Waals surface area contributed by atoms with Crippen molar-refractivity contribution in [2.45, 2.75) is 19.5 Å². The summed E-state index contributed by atoms with van der Waals surface area (Å²) in [6.07, 6.45) is 0.688. The van der Waals surface area contributed by atoms with Gasteiger partial charge in [-0.25, -0.2) is 4.98 Å². The number of pyridine rings is 1. The third-order valence-electron chi connectivity index (χ3n) is 4.65. The van der Waals surface area contributed by atoms with Crippen molar-refractivity contribution >= 4 is 5.95 Å². The first-order chi connectivity index (χ1) is 13.1. The number of nitrogens with two attached hydrogens (primary N) is 1. The number of hydrogen-bond donors (Lipinski definition) is 2. The Labute approximate surface area is 156 Å². The van der Waals surface area contributed by atoms with E-state index in [0.29, 0.717) is 30.6 Å². The number of fused-ring (bicyclic) bond motifs is 1. The highest BCUT2D eigenvalue weighted by molar-refractivity contribution is 5.61. The van der Waals surface area contributed by atoms with Crippen molar-refractivity contribution < 1.29 is 0 Å². The minimum atomic E-state index is -0.169.